The van der Waals surface area contributed by atoms with Gasteiger partial charge in [-0.25, -0.2) is 4.79 Å². The summed E-state index contributed by atoms with van der Waals surface area (Å²) in [6, 6.07) is 14.6. The van der Waals surface area contributed by atoms with Crippen molar-refractivity contribution in [3.8, 4) is 17.5 Å². The van der Waals surface area contributed by atoms with Gasteiger partial charge in [0.25, 0.3) is 0 Å². The van der Waals surface area contributed by atoms with Crippen LogP contribution in [0.2, 0.25) is 0 Å². The van der Waals surface area contributed by atoms with Crippen LogP contribution in [0.1, 0.15) is 42.4 Å². The van der Waals surface area contributed by atoms with E-state index in [0.29, 0.717) is 37.2 Å². The number of allylic oxidation sites excluding steroid dienone is 1. The zero-order chi connectivity index (χ0) is 24.5. The molecular formula is C28H29N5O3. The van der Waals surface area contributed by atoms with E-state index in [9.17, 15) is 4.79 Å². The third-order valence-electron chi connectivity index (χ3n) is 6.78. The summed E-state index contributed by atoms with van der Waals surface area (Å²) in [4.78, 5) is 24.1. The molecule has 0 amide bonds. The Hall–Kier alpha value is -4.07. The summed E-state index contributed by atoms with van der Waals surface area (Å²) in [5, 5.41) is 0. The largest absolute Gasteiger partial charge is 0.463 e. The fraction of sp³-hybridized carbons (Fsp3) is 0.321. The van der Waals surface area contributed by atoms with Crippen LogP contribution in [0.5, 0.6) is 17.5 Å². The van der Waals surface area contributed by atoms with E-state index in [4.69, 9.17) is 15.2 Å². The number of aryl methyl sites for hydroxylation is 1. The zero-order valence-electron chi connectivity index (χ0n) is 20.1. The van der Waals surface area contributed by atoms with Crippen molar-refractivity contribution in [1.82, 2.24) is 19.5 Å². The van der Waals surface area contributed by atoms with Gasteiger partial charge in [0.2, 0.25) is 0 Å². The summed E-state index contributed by atoms with van der Waals surface area (Å²) in [6.45, 7) is 0.746. The molecular weight excluding hydrogens is 454 g/mol. The Morgan fingerprint density at radius 2 is 2.06 bits per heavy atom. The van der Waals surface area contributed by atoms with E-state index in [2.05, 4.69) is 51.4 Å². The molecule has 0 spiro atoms. The van der Waals surface area contributed by atoms with Gasteiger partial charge in [0, 0.05) is 0 Å². The standard InChI is InChI=1S/C28H29N5O3/c29-25-24-26-32-27(31-25)35-14-3-1-2-6-21-15-20(17-33(26)28(34)30-24)12-13-23(21)36-22-7-4-5-19(16-22)11-10-18-8-9-18/h1-2,4-5,7,12-13,15-16,18H,3,6,8-11,14,17H2,(H,30,34)(H2,29,31,32)/b2-1+. The average Bonchev–Trinajstić information content (AvgIpc) is 3.65. The summed E-state index contributed by atoms with van der Waals surface area (Å²) in [5.74, 6) is 2.76. The molecule has 184 valence electrons. The van der Waals surface area contributed by atoms with Gasteiger partial charge in [-0.05, 0) is 72.6 Å². The Morgan fingerprint density at radius 3 is 2.94 bits per heavy atom. The highest BCUT2D eigenvalue weighted by atomic mass is 16.5. The number of hydrogen-bond acceptors (Lipinski definition) is 6. The molecule has 1 saturated carbocycles. The van der Waals surface area contributed by atoms with Crippen LogP contribution in [0, 0.1) is 5.92 Å². The number of nitrogens with two attached hydrogens (primary N) is 1. The van der Waals surface area contributed by atoms with Gasteiger partial charge < -0.3 is 20.2 Å². The van der Waals surface area contributed by atoms with E-state index in [0.717, 1.165) is 35.0 Å². The number of benzene rings is 2. The molecule has 2 aliphatic rings. The average molecular weight is 484 g/mol. The maximum atomic E-state index is 12.7. The molecule has 6 rings (SSSR count). The monoisotopic (exact) mass is 483 g/mol. The lowest BCUT2D eigenvalue weighted by Crippen LogP contribution is -2.18. The van der Waals surface area contributed by atoms with Gasteiger partial charge in [-0.3, -0.25) is 4.57 Å². The maximum Gasteiger partial charge on any atom is 0.328 e. The smallest absolute Gasteiger partial charge is 0.328 e. The number of nitrogen functional groups attached to an aromatic ring is 1. The summed E-state index contributed by atoms with van der Waals surface area (Å²) in [5.41, 5.74) is 9.95. The molecule has 2 aromatic heterocycles. The van der Waals surface area contributed by atoms with E-state index in [1.165, 1.54) is 24.8 Å². The lowest BCUT2D eigenvalue weighted by atomic mass is 10.1. The predicted molar refractivity (Wildman–Crippen MR) is 139 cm³/mol. The fourth-order valence-electron chi connectivity index (χ4n) is 4.63. The second-order valence-electron chi connectivity index (χ2n) is 9.59. The summed E-state index contributed by atoms with van der Waals surface area (Å²) in [6.07, 6.45) is 10.7. The number of anilines is 1. The Morgan fingerprint density at radius 1 is 1.14 bits per heavy atom. The van der Waals surface area contributed by atoms with E-state index < -0.39 is 0 Å². The summed E-state index contributed by atoms with van der Waals surface area (Å²) < 4.78 is 13.6. The molecule has 8 nitrogen and oxygen atoms in total. The van der Waals surface area contributed by atoms with Gasteiger partial charge in [0.15, 0.2) is 11.5 Å². The predicted octanol–water partition coefficient (Wildman–Crippen LogP) is 4.77. The van der Waals surface area contributed by atoms with Gasteiger partial charge in [-0.2, -0.15) is 9.97 Å². The number of ether oxygens (including phenoxy) is 2. The summed E-state index contributed by atoms with van der Waals surface area (Å²) in [7, 11) is 0. The molecule has 0 radical (unpaired) electrons. The Labute approximate surface area is 208 Å². The van der Waals surface area contributed by atoms with Crippen LogP contribution in [-0.2, 0) is 19.4 Å². The molecule has 4 aromatic rings. The highest BCUT2D eigenvalue weighted by Crippen LogP contribution is 2.34. The van der Waals surface area contributed by atoms with Crippen molar-refractivity contribution in [1.29, 1.82) is 0 Å². The second kappa shape index (κ2) is 9.53. The quantitative estimate of drug-likeness (QED) is 0.396. The molecule has 2 aromatic carbocycles. The molecule has 1 fully saturated rings. The first-order valence-electron chi connectivity index (χ1n) is 12.5. The Balaban J connectivity index is 1.32. The molecule has 0 saturated heterocycles. The van der Waals surface area contributed by atoms with Crippen LogP contribution < -0.4 is 20.9 Å². The number of rotatable bonds is 5. The van der Waals surface area contributed by atoms with Crippen LogP contribution in [0.15, 0.2) is 59.4 Å². The maximum absolute atomic E-state index is 12.7. The van der Waals surface area contributed by atoms with E-state index in [-0.39, 0.29) is 17.5 Å². The second-order valence-corrected chi connectivity index (χ2v) is 9.59. The van der Waals surface area contributed by atoms with Crippen LogP contribution >= 0.6 is 0 Å². The molecule has 1 aliphatic heterocycles. The van der Waals surface area contributed by atoms with E-state index >= 15 is 0 Å². The van der Waals surface area contributed by atoms with Crippen molar-refractivity contribution in [3.05, 3.63) is 81.8 Å². The molecule has 36 heavy (non-hydrogen) atoms. The van der Waals surface area contributed by atoms with E-state index in [1.54, 1.807) is 4.57 Å². The number of H-pyrrole nitrogens is 1. The number of hydrogen-bond donors (Lipinski definition) is 2. The van der Waals surface area contributed by atoms with Crippen molar-refractivity contribution in [2.75, 3.05) is 12.3 Å². The molecule has 0 atom stereocenters. The topological polar surface area (TPSA) is 108 Å². The number of fused-ring (bicyclic) bond motifs is 3. The number of nitrogens with zero attached hydrogens (tertiary/aromatic N) is 3. The minimum absolute atomic E-state index is 0.169. The Kier molecular flexibility index (Phi) is 5.93. The Bertz CT molecular complexity index is 1500. The van der Waals surface area contributed by atoms with Crippen molar-refractivity contribution < 1.29 is 9.47 Å². The third-order valence-corrected chi connectivity index (χ3v) is 6.78. The van der Waals surface area contributed by atoms with Crippen molar-refractivity contribution in [2.45, 2.75) is 45.1 Å². The lowest BCUT2D eigenvalue weighted by Gasteiger charge is -2.14. The molecule has 4 bridgehead atoms. The molecule has 8 heteroatoms. The first-order chi connectivity index (χ1) is 17.6. The SMILES string of the molecule is Nc1nc2nc3c1[nH]c(=O)n3Cc1ccc(Oc3cccc(CCC4CC4)c3)c(c1)C/C=C/CCO2. The highest BCUT2D eigenvalue weighted by Gasteiger charge is 2.20. The van der Waals surface area contributed by atoms with Gasteiger partial charge in [0.05, 0.1) is 13.2 Å². The van der Waals surface area contributed by atoms with Crippen LogP contribution in [-0.4, -0.2) is 26.1 Å². The fourth-order valence-corrected chi connectivity index (χ4v) is 4.63. The molecule has 3 N–H and O–H groups in total. The van der Waals surface area contributed by atoms with E-state index in [1.807, 2.05) is 18.2 Å². The number of nitrogens with one attached hydrogen (secondary N) is 1. The first-order valence-corrected chi connectivity index (χ1v) is 12.5. The van der Waals surface area contributed by atoms with Crippen LogP contribution in [0.4, 0.5) is 5.82 Å². The zero-order valence-corrected chi connectivity index (χ0v) is 20.1. The van der Waals surface area contributed by atoms with Crippen molar-refractivity contribution in [2.24, 2.45) is 5.92 Å². The van der Waals surface area contributed by atoms with Gasteiger partial charge in [-0.15, -0.1) is 0 Å². The minimum atomic E-state index is -0.292. The normalized spacial score (nSPS) is 16.4. The van der Waals surface area contributed by atoms with Gasteiger partial charge in [0.1, 0.15) is 17.0 Å². The van der Waals surface area contributed by atoms with Crippen molar-refractivity contribution in [3.63, 3.8) is 0 Å². The van der Waals surface area contributed by atoms with Crippen LogP contribution in [0.25, 0.3) is 11.2 Å². The lowest BCUT2D eigenvalue weighted by molar-refractivity contribution is 0.300. The minimum Gasteiger partial charge on any atom is -0.463 e. The molecule has 3 heterocycles. The number of aromatic amines is 1. The number of imidazole rings is 1. The molecule has 1 aliphatic carbocycles. The summed E-state index contributed by atoms with van der Waals surface area (Å²) >= 11 is 0. The highest BCUT2D eigenvalue weighted by molar-refractivity contribution is 5.82. The molecule has 0 unspecified atom stereocenters. The van der Waals surface area contributed by atoms with Crippen LogP contribution in [0.3, 0.4) is 0 Å². The van der Waals surface area contributed by atoms with Crippen molar-refractivity contribution >= 4 is 17.0 Å². The number of aromatic nitrogens is 4. The van der Waals surface area contributed by atoms with Gasteiger partial charge in [-0.1, -0.05) is 43.2 Å². The third kappa shape index (κ3) is 4.84. The first kappa shape index (κ1) is 22.4. The van der Waals surface area contributed by atoms with Gasteiger partial charge >= 0.3 is 11.7 Å².